The minimum absolute atomic E-state index is 0.0271. The Labute approximate surface area is 113 Å². The summed E-state index contributed by atoms with van der Waals surface area (Å²) in [5, 5.41) is 3.02. The minimum atomic E-state index is -4.45. The van der Waals surface area contributed by atoms with Gasteiger partial charge in [0.15, 0.2) is 0 Å². The van der Waals surface area contributed by atoms with E-state index >= 15 is 0 Å². The van der Waals surface area contributed by atoms with Crippen molar-refractivity contribution in [3.8, 4) is 0 Å². The SMILES string of the molecule is O=C(NCCBr)c1cc(C(F)(F)F)ccc1Br. The third-order valence-electron chi connectivity index (χ3n) is 1.92. The highest BCUT2D eigenvalue weighted by atomic mass is 79.9. The third kappa shape index (κ3) is 3.99. The average molecular weight is 375 g/mol. The van der Waals surface area contributed by atoms with Crippen molar-refractivity contribution in [3.05, 3.63) is 33.8 Å². The molecule has 0 spiro atoms. The van der Waals surface area contributed by atoms with Crippen molar-refractivity contribution in [1.29, 1.82) is 0 Å². The Balaban J connectivity index is 3.02. The van der Waals surface area contributed by atoms with Crippen molar-refractivity contribution in [2.75, 3.05) is 11.9 Å². The zero-order valence-electron chi connectivity index (χ0n) is 8.44. The number of carbonyl (C=O) groups is 1. The maximum atomic E-state index is 12.5. The van der Waals surface area contributed by atoms with Gasteiger partial charge in [-0.3, -0.25) is 4.79 Å². The van der Waals surface area contributed by atoms with Gasteiger partial charge in [0.1, 0.15) is 0 Å². The summed E-state index contributed by atoms with van der Waals surface area (Å²) in [5.74, 6) is -0.539. The van der Waals surface area contributed by atoms with Gasteiger partial charge in [0.2, 0.25) is 0 Å². The van der Waals surface area contributed by atoms with E-state index in [-0.39, 0.29) is 5.56 Å². The Morgan fingerprint density at radius 2 is 2.00 bits per heavy atom. The van der Waals surface area contributed by atoms with Gasteiger partial charge >= 0.3 is 6.18 Å². The second kappa shape index (κ2) is 5.86. The molecule has 0 fully saturated rings. The van der Waals surface area contributed by atoms with E-state index in [0.717, 1.165) is 12.1 Å². The van der Waals surface area contributed by atoms with Crippen LogP contribution in [0.25, 0.3) is 0 Å². The van der Waals surface area contributed by atoms with Crippen molar-refractivity contribution in [2.24, 2.45) is 0 Å². The molecule has 0 aliphatic heterocycles. The molecule has 0 aromatic heterocycles. The normalized spacial score (nSPS) is 11.4. The summed E-state index contributed by atoms with van der Waals surface area (Å²) in [7, 11) is 0. The first-order valence-electron chi connectivity index (χ1n) is 4.57. The zero-order chi connectivity index (χ0) is 13.1. The van der Waals surface area contributed by atoms with E-state index in [1.807, 2.05) is 0 Å². The lowest BCUT2D eigenvalue weighted by Crippen LogP contribution is -2.26. The first-order valence-corrected chi connectivity index (χ1v) is 6.48. The molecule has 0 aliphatic rings. The summed E-state index contributed by atoms with van der Waals surface area (Å²) in [6, 6.07) is 2.96. The van der Waals surface area contributed by atoms with Crippen LogP contribution in [0, 0.1) is 0 Å². The summed E-state index contributed by atoms with van der Waals surface area (Å²) in [5.41, 5.74) is -0.870. The molecule has 0 atom stereocenters. The summed E-state index contributed by atoms with van der Waals surface area (Å²) in [6.45, 7) is 0.349. The van der Waals surface area contributed by atoms with Gasteiger partial charge in [0.25, 0.3) is 5.91 Å². The lowest BCUT2D eigenvalue weighted by atomic mass is 10.1. The Hall–Kier alpha value is -0.560. The molecule has 0 bridgehead atoms. The average Bonchev–Trinajstić information content (AvgIpc) is 2.24. The quantitative estimate of drug-likeness (QED) is 0.805. The van der Waals surface area contributed by atoms with Gasteiger partial charge in [-0.25, -0.2) is 0 Å². The molecule has 7 heteroatoms. The molecule has 0 radical (unpaired) electrons. The van der Waals surface area contributed by atoms with Gasteiger partial charge in [0, 0.05) is 16.3 Å². The molecule has 17 heavy (non-hydrogen) atoms. The van der Waals surface area contributed by atoms with Gasteiger partial charge in [-0.1, -0.05) is 15.9 Å². The summed E-state index contributed by atoms with van der Waals surface area (Å²) < 4.78 is 37.7. The van der Waals surface area contributed by atoms with Gasteiger partial charge in [-0.05, 0) is 34.1 Å². The van der Waals surface area contributed by atoms with Crippen molar-refractivity contribution in [3.63, 3.8) is 0 Å². The Morgan fingerprint density at radius 1 is 1.35 bits per heavy atom. The van der Waals surface area contributed by atoms with E-state index in [2.05, 4.69) is 37.2 Å². The Bertz CT molecular complexity index is 421. The summed E-state index contributed by atoms with van der Waals surface area (Å²) in [6.07, 6.45) is -4.45. The topological polar surface area (TPSA) is 29.1 Å². The maximum Gasteiger partial charge on any atom is 0.416 e. The molecule has 1 aromatic rings. The molecule has 2 nitrogen and oxygen atoms in total. The highest BCUT2D eigenvalue weighted by Gasteiger charge is 2.31. The molecule has 1 rings (SSSR count). The van der Waals surface area contributed by atoms with Crippen molar-refractivity contribution in [2.45, 2.75) is 6.18 Å². The van der Waals surface area contributed by atoms with Crippen LogP contribution < -0.4 is 5.32 Å². The van der Waals surface area contributed by atoms with Crippen LogP contribution in [-0.2, 0) is 6.18 Å². The first kappa shape index (κ1) is 14.5. The van der Waals surface area contributed by atoms with E-state index in [1.165, 1.54) is 6.07 Å². The van der Waals surface area contributed by atoms with Gasteiger partial charge in [-0.2, -0.15) is 13.2 Å². The Morgan fingerprint density at radius 3 is 2.53 bits per heavy atom. The van der Waals surface area contributed by atoms with Crippen LogP contribution in [0.3, 0.4) is 0 Å². The number of halogens is 5. The fourth-order valence-corrected chi connectivity index (χ4v) is 1.76. The van der Waals surface area contributed by atoms with Crippen LogP contribution in [0.5, 0.6) is 0 Å². The molecule has 0 saturated carbocycles. The predicted octanol–water partition coefficient (Wildman–Crippen LogP) is 3.59. The lowest BCUT2D eigenvalue weighted by Gasteiger charge is -2.10. The number of carbonyl (C=O) groups excluding carboxylic acids is 1. The van der Waals surface area contributed by atoms with E-state index in [9.17, 15) is 18.0 Å². The van der Waals surface area contributed by atoms with Crippen LogP contribution in [0.1, 0.15) is 15.9 Å². The lowest BCUT2D eigenvalue weighted by molar-refractivity contribution is -0.137. The molecule has 0 unspecified atom stereocenters. The number of hydrogen-bond donors (Lipinski definition) is 1. The largest absolute Gasteiger partial charge is 0.416 e. The Kier molecular flexibility index (Phi) is 5.00. The fraction of sp³-hybridized carbons (Fsp3) is 0.300. The van der Waals surface area contributed by atoms with E-state index in [4.69, 9.17) is 0 Å². The van der Waals surface area contributed by atoms with Gasteiger partial charge < -0.3 is 5.32 Å². The molecule has 0 saturated heterocycles. The molecule has 0 aliphatic carbocycles. The fourth-order valence-electron chi connectivity index (χ4n) is 1.13. The molecule has 1 aromatic carbocycles. The second-order valence-corrected chi connectivity index (χ2v) is 4.78. The molecular weight excluding hydrogens is 367 g/mol. The smallest absolute Gasteiger partial charge is 0.351 e. The van der Waals surface area contributed by atoms with Crippen molar-refractivity contribution >= 4 is 37.8 Å². The van der Waals surface area contributed by atoms with Crippen molar-refractivity contribution < 1.29 is 18.0 Å². The summed E-state index contributed by atoms with van der Waals surface area (Å²) >= 11 is 6.16. The number of amides is 1. The van der Waals surface area contributed by atoms with Crippen LogP contribution >= 0.6 is 31.9 Å². The molecule has 94 valence electrons. The standard InChI is InChI=1S/C10H8Br2F3NO/c11-3-4-16-9(17)7-5-6(10(13,14)15)1-2-8(7)12/h1-2,5H,3-4H2,(H,16,17). The molecular formula is C10H8Br2F3NO. The predicted molar refractivity (Wildman–Crippen MR) is 65.3 cm³/mol. The van der Waals surface area contributed by atoms with Gasteiger partial charge in [0.05, 0.1) is 11.1 Å². The highest BCUT2D eigenvalue weighted by molar-refractivity contribution is 9.10. The number of alkyl halides is 4. The zero-order valence-corrected chi connectivity index (χ0v) is 11.6. The number of benzene rings is 1. The van der Waals surface area contributed by atoms with Crippen LogP contribution in [0.2, 0.25) is 0 Å². The highest BCUT2D eigenvalue weighted by Crippen LogP contribution is 2.31. The minimum Gasteiger partial charge on any atom is -0.351 e. The number of rotatable bonds is 3. The van der Waals surface area contributed by atoms with Crippen LogP contribution in [-0.4, -0.2) is 17.8 Å². The van der Waals surface area contributed by atoms with Crippen LogP contribution in [0.15, 0.2) is 22.7 Å². The van der Waals surface area contributed by atoms with E-state index in [1.54, 1.807) is 0 Å². The summed E-state index contributed by atoms with van der Waals surface area (Å²) in [4.78, 5) is 11.6. The molecule has 1 amide bonds. The van der Waals surface area contributed by atoms with E-state index in [0.29, 0.717) is 16.3 Å². The monoisotopic (exact) mass is 373 g/mol. The first-order chi connectivity index (χ1) is 7.86. The van der Waals surface area contributed by atoms with Crippen molar-refractivity contribution in [1.82, 2.24) is 5.32 Å². The molecule has 0 heterocycles. The van der Waals surface area contributed by atoms with E-state index < -0.39 is 17.6 Å². The number of nitrogens with one attached hydrogen (secondary N) is 1. The van der Waals surface area contributed by atoms with Crippen LogP contribution in [0.4, 0.5) is 13.2 Å². The second-order valence-electron chi connectivity index (χ2n) is 3.14. The molecule has 1 N–H and O–H groups in total. The van der Waals surface area contributed by atoms with Gasteiger partial charge in [-0.15, -0.1) is 0 Å². The number of hydrogen-bond acceptors (Lipinski definition) is 1. The third-order valence-corrected chi connectivity index (χ3v) is 3.01. The maximum absolute atomic E-state index is 12.5.